The molecule has 0 aliphatic carbocycles. The van der Waals surface area contributed by atoms with Crippen molar-refractivity contribution < 1.29 is 23.7 Å². The second kappa shape index (κ2) is 8.03. The van der Waals surface area contributed by atoms with Crippen molar-refractivity contribution in [2.75, 3.05) is 20.8 Å². The number of hydrogen-bond donors (Lipinski definition) is 0. The third-order valence-electron chi connectivity index (χ3n) is 5.06. The number of nitrogens with zero attached hydrogens (tertiary/aromatic N) is 2. The maximum Gasteiger partial charge on any atom is 0.247 e. The van der Waals surface area contributed by atoms with Gasteiger partial charge in [-0.25, -0.2) is 0 Å². The van der Waals surface area contributed by atoms with Gasteiger partial charge in [-0.15, -0.1) is 5.10 Å². The Morgan fingerprint density at radius 3 is 2.48 bits per heavy atom. The summed E-state index contributed by atoms with van der Waals surface area (Å²) < 4.78 is 22.7. The Morgan fingerprint density at radius 1 is 1.10 bits per heavy atom. The van der Waals surface area contributed by atoms with E-state index in [4.69, 9.17) is 18.9 Å². The molecular weight excluding hydrogens is 372 g/mol. The van der Waals surface area contributed by atoms with Crippen LogP contribution in [-0.4, -0.2) is 37.6 Å². The first-order chi connectivity index (χ1) is 13.8. The fraction of sp³-hybridized carbons (Fsp3) is 0.364. The Morgan fingerprint density at radius 2 is 1.83 bits per heavy atom. The Balaban J connectivity index is 1.86. The molecule has 0 spiro atoms. The summed E-state index contributed by atoms with van der Waals surface area (Å²) in [6.07, 6.45) is 0. The van der Waals surface area contributed by atoms with Gasteiger partial charge >= 0.3 is 0 Å². The second-order valence-corrected chi connectivity index (χ2v) is 6.97. The second-order valence-electron chi connectivity index (χ2n) is 6.97. The third kappa shape index (κ3) is 3.85. The number of hydrogen-bond acceptors (Lipinski definition) is 6. The lowest BCUT2D eigenvalue weighted by molar-refractivity contribution is -0.146. The molecule has 0 radical (unpaired) electrons. The first-order valence-corrected chi connectivity index (χ1v) is 9.29. The average molecular weight is 398 g/mol. The minimum Gasteiger partial charge on any atom is -0.493 e. The molecule has 0 aromatic heterocycles. The molecule has 7 nitrogen and oxygen atoms in total. The molecule has 3 rings (SSSR count). The van der Waals surface area contributed by atoms with Crippen LogP contribution in [0.1, 0.15) is 30.5 Å². The van der Waals surface area contributed by atoms with Gasteiger partial charge in [0, 0.05) is 19.4 Å². The molecule has 1 heterocycles. The molecule has 1 amide bonds. The van der Waals surface area contributed by atoms with Gasteiger partial charge in [0.25, 0.3) is 0 Å². The lowest BCUT2D eigenvalue weighted by atomic mass is 10.0. The van der Waals surface area contributed by atoms with Crippen LogP contribution in [0.15, 0.2) is 41.5 Å². The summed E-state index contributed by atoms with van der Waals surface area (Å²) >= 11 is 0. The molecule has 2 aromatic rings. The zero-order chi connectivity index (χ0) is 21.2. The van der Waals surface area contributed by atoms with Crippen molar-refractivity contribution in [1.29, 1.82) is 0 Å². The van der Waals surface area contributed by atoms with Crippen molar-refractivity contribution in [2.24, 2.45) is 5.10 Å². The number of hydrazone groups is 1. The normalized spacial score (nSPS) is 18.1. The average Bonchev–Trinajstić information content (AvgIpc) is 3.06. The van der Waals surface area contributed by atoms with Gasteiger partial charge in [-0.3, -0.25) is 4.79 Å². The zero-order valence-corrected chi connectivity index (χ0v) is 17.6. The molecule has 0 saturated heterocycles. The largest absolute Gasteiger partial charge is 0.493 e. The van der Waals surface area contributed by atoms with E-state index in [1.54, 1.807) is 33.3 Å². The number of ether oxygens (including phenoxy) is 4. The predicted octanol–water partition coefficient (Wildman–Crippen LogP) is 3.76. The fourth-order valence-electron chi connectivity index (χ4n) is 3.26. The van der Waals surface area contributed by atoms with Crippen LogP contribution in [-0.2, 0) is 15.3 Å². The number of benzene rings is 2. The SMILES string of the molecule is COc1ccc(C2(C)OC(COc3cccc(C)c3C)=NN2C(C)=O)cc1OC. The number of aryl methyl sites for hydroxylation is 1. The highest BCUT2D eigenvalue weighted by molar-refractivity contribution is 5.84. The van der Waals surface area contributed by atoms with E-state index in [1.807, 2.05) is 38.1 Å². The molecule has 2 aromatic carbocycles. The van der Waals surface area contributed by atoms with E-state index in [-0.39, 0.29) is 12.5 Å². The van der Waals surface area contributed by atoms with Crippen LogP contribution in [0.4, 0.5) is 0 Å². The zero-order valence-electron chi connectivity index (χ0n) is 17.6. The summed E-state index contributed by atoms with van der Waals surface area (Å²) in [5.74, 6) is 1.96. The van der Waals surface area contributed by atoms with Crippen LogP contribution in [0.2, 0.25) is 0 Å². The first kappa shape index (κ1) is 20.5. The van der Waals surface area contributed by atoms with E-state index >= 15 is 0 Å². The van der Waals surface area contributed by atoms with E-state index in [0.29, 0.717) is 23.0 Å². The van der Waals surface area contributed by atoms with E-state index in [2.05, 4.69) is 5.10 Å². The van der Waals surface area contributed by atoms with Crippen LogP contribution in [0, 0.1) is 13.8 Å². The molecule has 7 heteroatoms. The Hall–Kier alpha value is -3.22. The molecule has 0 N–H and O–H groups in total. The standard InChI is InChI=1S/C22H26N2O5/c1-14-8-7-9-18(15(14)2)28-13-21-23-24(16(3)25)22(4,29-21)17-10-11-19(26-5)20(12-17)27-6/h7-12H,13H2,1-6H3. The molecule has 0 bridgehead atoms. The number of amides is 1. The molecular formula is C22H26N2O5. The van der Waals surface area contributed by atoms with Crippen LogP contribution in [0.5, 0.6) is 17.2 Å². The maximum absolute atomic E-state index is 12.3. The molecule has 0 saturated carbocycles. The maximum atomic E-state index is 12.3. The van der Waals surface area contributed by atoms with Gasteiger partial charge in [0.15, 0.2) is 18.1 Å². The summed E-state index contributed by atoms with van der Waals surface area (Å²) in [7, 11) is 3.13. The van der Waals surface area contributed by atoms with Crippen molar-refractivity contribution >= 4 is 11.8 Å². The summed E-state index contributed by atoms with van der Waals surface area (Å²) in [6.45, 7) is 7.36. The van der Waals surface area contributed by atoms with E-state index in [0.717, 1.165) is 16.9 Å². The highest BCUT2D eigenvalue weighted by atomic mass is 16.6. The van der Waals surface area contributed by atoms with Crippen LogP contribution in [0.3, 0.4) is 0 Å². The minimum atomic E-state index is -1.12. The van der Waals surface area contributed by atoms with Gasteiger partial charge in [0.1, 0.15) is 5.75 Å². The molecule has 0 fully saturated rings. The molecule has 1 aliphatic heterocycles. The Kier molecular flexibility index (Phi) is 5.68. The summed E-state index contributed by atoms with van der Waals surface area (Å²) in [5, 5.41) is 5.68. The van der Waals surface area contributed by atoms with Gasteiger partial charge in [-0.2, -0.15) is 5.01 Å². The van der Waals surface area contributed by atoms with E-state index in [1.165, 1.54) is 11.9 Å². The Labute approximate surface area is 170 Å². The Bertz CT molecular complexity index is 956. The number of carbonyl (C=O) groups is 1. The number of methoxy groups -OCH3 is 2. The monoisotopic (exact) mass is 398 g/mol. The predicted molar refractivity (Wildman–Crippen MR) is 109 cm³/mol. The fourth-order valence-corrected chi connectivity index (χ4v) is 3.26. The van der Waals surface area contributed by atoms with Gasteiger partial charge in [0.2, 0.25) is 17.5 Å². The smallest absolute Gasteiger partial charge is 0.247 e. The van der Waals surface area contributed by atoms with E-state index < -0.39 is 5.72 Å². The minimum absolute atomic E-state index is 0.108. The summed E-state index contributed by atoms with van der Waals surface area (Å²) in [6, 6.07) is 11.2. The molecule has 154 valence electrons. The van der Waals surface area contributed by atoms with Gasteiger partial charge < -0.3 is 18.9 Å². The van der Waals surface area contributed by atoms with Crippen molar-refractivity contribution in [1.82, 2.24) is 5.01 Å². The van der Waals surface area contributed by atoms with Crippen LogP contribution >= 0.6 is 0 Å². The van der Waals surface area contributed by atoms with Crippen molar-refractivity contribution in [3.63, 3.8) is 0 Å². The van der Waals surface area contributed by atoms with Gasteiger partial charge in [-0.1, -0.05) is 12.1 Å². The summed E-state index contributed by atoms with van der Waals surface area (Å²) in [4.78, 5) is 12.3. The number of carbonyl (C=O) groups excluding carboxylic acids is 1. The van der Waals surface area contributed by atoms with Crippen LogP contribution in [0.25, 0.3) is 0 Å². The molecule has 1 aliphatic rings. The van der Waals surface area contributed by atoms with Gasteiger partial charge in [-0.05, 0) is 49.2 Å². The molecule has 1 atom stereocenters. The highest BCUT2D eigenvalue weighted by Crippen LogP contribution is 2.39. The quantitative estimate of drug-likeness (QED) is 0.741. The van der Waals surface area contributed by atoms with Crippen LogP contribution < -0.4 is 14.2 Å². The molecule has 1 unspecified atom stereocenters. The summed E-state index contributed by atoms with van der Waals surface area (Å²) in [5.41, 5.74) is 1.77. The first-order valence-electron chi connectivity index (χ1n) is 9.29. The van der Waals surface area contributed by atoms with Crippen molar-refractivity contribution in [2.45, 2.75) is 33.4 Å². The molecule has 29 heavy (non-hydrogen) atoms. The van der Waals surface area contributed by atoms with Crippen molar-refractivity contribution in [3.05, 3.63) is 53.1 Å². The lowest BCUT2D eigenvalue weighted by Crippen LogP contribution is -2.41. The van der Waals surface area contributed by atoms with E-state index in [9.17, 15) is 4.79 Å². The topological polar surface area (TPSA) is 69.6 Å². The number of rotatable bonds is 6. The highest BCUT2D eigenvalue weighted by Gasteiger charge is 2.45. The lowest BCUT2D eigenvalue weighted by Gasteiger charge is -2.31. The third-order valence-corrected chi connectivity index (χ3v) is 5.06. The van der Waals surface area contributed by atoms with Gasteiger partial charge in [0.05, 0.1) is 14.2 Å². The van der Waals surface area contributed by atoms with Crippen molar-refractivity contribution in [3.8, 4) is 17.2 Å².